The second-order valence-corrected chi connectivity index (χ2v) is 8.02. The highest BCUT2D eigenvalue weighted by Crippen LogP contribution is 2.33. The molecule has 0 spiro atoms. The Morgan fingerprint density at radius 1 is 0.931 bits per heavy atom. The van der Waals surface area contributed by atoms with Crippen LogP contribution in [0, 0.1) is 0 Å². The van der Waals surface area contributed by atoms with Gasteiger partial charge in [0.25, 0.3) is 5.91 Å². The molecule has 0 atom stereocenters. The molecule has 0 bridgehead atoms. The molecule has 1 N–H and O–H groups in total. The van der Waals surface area contributed by atoms with Gasteiger partial charge in [0.15, 0.2) is 0 Å². The predicted molar refractivity (Wildman–Crippen MR) is 116 cm³/mol. The lowest BCUT2D eigenvalue weighted by molar-refractivity contribution is -0.129. The van der Waals surface area contributed by atoms with Crippen LogP contribution in [0.1, 0.15) is 28.9 Å². The lowest BCUT2D eigenvalue weighted by atomic mass is 10.1. The summed E-state index contributed by atoms with van der Waals surface area (Å²) in [5, 5.41) is 3.72. The molecule has 1 aliphatic heterocycles. The Morgan fingerprint density at radius 2 is 1.55 bits per heavy atom. The summed E-state index contributed by atoms with van der Waals surface area (Å²) in [6.07, 6.45) is 2.47. The number of amides is 2. The summed E-state index contributed by atoms with van der Waals surface area (Å²) in [6.45, 7) is 2.00. The van der Waals surface area contributed by atoms with Crippen LogP contribution in [-0.4, -0.2) is 41.3 Å². The van der Waals surface area contributed by atoms with E-state index in [-0.39, 0.29) is 11.8 Å². The van der Waals surface area contributed by atoms with Gasteiger partial charge in [-0.25, -0.2) is 4.98 Å². The zero-order valence-electron chi connectivity index (χ0n) is 16.1. The Morgan fingerprint density at radius 3 is 2.21 bits per heavy atom. The van der Waals surface area contributed by atoms with Gasteiger partial charge in [-0.05, 0) is 12.8 Å². The summed E-state index contributed by atoms with van der Waals surface area (Å²) in [6, 6.07) is 19.6. The SMILES string of the molecule is O=C(NCCC(=O)N1CCCC1)c1sc(-c2ccccc2)nc1-c1ccccc1. The van der Waals surface area contributed by atoms with Gasteiger partial charge < -0.3 is 10.2 Å². The molecule has 2 heterocycles. The van der Waals surface area contributed by atoms with Crippen molar-refractivity contribution in [2.24, 2.45) is 0 Å². The quantitative estimate of drug-likeness (QED) is 0.668. The van der Waals surface area contributed by atoms with Gasteiger partial charge in [0.05, 0.1) is 5.69 Å². The third-order valence-corrected chi connectivity index (χ3v) is 6.09. The van der Waals surface area contributed by atoms with Gasteiger partial charge in [-0.2, -0.15) is 0 Å². The minimum Gasteiger partial charge on any atom is -0.351 e. The zero-order chi connectivity index (χ0) is 20.1. The van der Waals surface area contributed by atoms with Crippen LogP contribution in [0.25, 0.3) is 21.8 Å². The molecule has 29 heavy (non-hydrogen) atoms. The Bertz CT molecular complexity index is 980. The van der Waals surface area contributed by atoms with Crippen molar-refractivity contribution in [1.29, 1.82) is 0 Å². The van der Waals surface area contributed by atoms with Crippen LogP contribution in [-0.2, 0) is 4.79 Å². The van der Waals surface area contributed by atoms with Gasteiger partial charge in [0.2, 0.25) is 5.91 Å². The standard InChI is InChI=1S/C23H23N3O2S/c27-19(26-15-7-8-16-26)13-14-24-22(28)21-20(17-9-3-1-4-10-17)25-23(29-21)18-11-5-2-6-12-18/h1-6,9-12H,7-8,13-16H2,(H,24,28). The number of nitrogens with one attached hydrogen (secondary N) is 1. The van der Waals surface area contributed by atoms with Gasteiger partial charge in [-0.15, -0.1) is 11.3 Å². The van der Waals surface area contributed by atoms with Crippen molar-refractivity contribution >= 4 is 23.2 Å². The number of aromatic nitrogens is 1. The number of carbonyl (C=O) groups excluding carboxylic acids is 2. The number of carbonyl (C=O) groups is 2. The normalized spacial score (nSPS) is 13.4. The third kappa shape index (κ3) is 4.54. The van der Waals surface area contributed by atoms with Gasteiger partial charge in [-0.3, -0.25) is 9.59 Å². The Labute approximate surface area is 174 Å². The minimum atomic E-state index is -0.183. The fourth-order valence-electron chi connectivity index (χ4n) is 3.46. The van der Waals surface area contributed by atoms with Crippen LogP contribution in [0.15, 0.2) is 60.7 Å². The van der Waals surface area contributed by atoms with Crippen molar-refractivity contribution in [2.45, 2.75) is 19.3 Å². The summed E-state index contributed by atoms with van der Waals surface area (Å²) < 4.78 is 0. The van der Waals surface area contributed by atoms with E-state index in [2.05, 4.69) is 5.32 Å². The largest absolute Gasteiger partial charge is 0.351 e. The molecule has 4 rings (SSSR count). The summed E-state index contributed by atoms with van der Waals surface area (Å²) >= 11 is 1.38. The van der Waals surface area contributed by atoms with E-state index in [1.165, 1.54) is 11.3 Å². The van der Waals surface area contributed by atoms with Crippen molar-refractivity contribution < 1.29 is 9.59 Å². The van der Waals surface area contributed by atoms with E-state index in [1.54, 1.807) is 0 Å². The number of benzene rings is 2. The smallest absolute Gasteiger partial charge is 0.263 e. The van der Waals surface area contributed by atoms with E-state index in [1.807, 2.05) is 65.6 Å². The molecule has 1 fully saturated rings. The first-order valence-corrected chi connectivity index (χ1v) is 10.7. The maximum Gasteiger partial charge on any atom is 0.263 e. The van der Waals surface area contributed by atoms with Crippen LogP contribution >= 0.6 is 11.3 Å². The Kier molecular flexibility index (Phi) is 6.00. The van der Waals surface area contributed by atoms with Gasteiger partial charge >= 0.3 is 0 Å². The first-order chi connectivity index (χ1) is 14.2. The van der Waals surface area contributed by atoms with E-state index >= 15 is 0 Å². The second-order valence-electron chi connectivity index (χ2n) is 7.02. The molecular formula is C23H23N3O2S. The fourth-order valence-corrected chi connectivity index (χ4v) is 4.47. The van der Waals surface area contributed by atoms with Crippen LogP contribution in [0.4, 0.5) is 0 Å². The van der Waals surface area contributed by atoms with Gasteiger partial charge in [0, 0.05) is 37.2 Å². The first kappa shape index (κ1) is 19.3. The Hall–Kier alpha value is -2.99. The van der Waals surface area contributed by atoms with Crippen molar-refractivity contribution in [2.75, 3.05) is 19.6 Å². The highest BCUT2D eigenvalue weighted by molar-refractivity contribution is 7.17. The highest BCUT2D eigenvalue weighted by Gasteiger charge is 2.21. The molecule has 0 saturated carbocycles. The first-order valence-electron chi connectivity index (χ1n) is 9.90. The molecule has 0 aliphatic carbocycles. The number of nitrogens with zero attached hydrogens (tertiary/aromatic N) is 2. The van der Waals surface area contributed by atoms with Gasteiger partial charge in [0.1, 0.15) is 9.88 Å². The topological polar surface area (TPSA) is 62.3 Å². The van der Waals surface area contributed by atoms with Gasteiger partial charge in [-0.1, -0.05) is 60.7 Å². The van der Waals surface area contributed by atoms with E-state index in [0.717, 1.165) is 42.1 Å². The van der Waals surface area contributed by atoms with Crippen LogP contribution < -0.4 is 5.32 Å². The Balaban J connectivity index is 1.52. The van der Waals surface area contributed by atoms with E-state index < -0.39 is 0 Å². The average Bonchev–Trinajstić information content (AvgIpc) is 3.45. The molecule has 1 saturated heterocycles. The van der Waals surface area contributed by atoms with Crippen molar-refractivity contribution in [3.05, 3.63) is 65.5 Å². The predicted octanol–water partition coefficient (Wildman–Crippen LogP) is 4.22. The molecule has 2 aromatic carbocycles. The summed E-state index contributed by atoms with van der Waals surface area (Å²) in [5.41, 5.74) is 2.57. The fraction of sp³-hybridized carbons (Fsp3) is 0.261. The van der Waals surface area contributed by atoms with Crippen LogP contribution in [0.3, 0.4) is 0 Å². The number of hydrogen-bond acceptors (Lipinski definition) is 4. The van der Waals surface area contributed by atoms with Crippen LogP contribution in [0.2, 0.25) is 0 Å². The molecule has 1 aliphatic rings. The molecule has 0 unspecified atom stereocenters. The lowest BCUT2D eigenvalue weighted by Gasteiger charge is -2.15. The molecule has 5 nitrogen and oxygen atoms in total. The summed E-state index contributed by atoms with van der Waals surface area (Å²) in [4.78, 5) is 32.3. The summed E-state index contributed by atoms with van der Waals surface area (Å²) in [5.74, 6) is -0.0712. The molecule has 2 amide bonds. The zero-order valence-corrected chi connectivity index (χ0v) is 17.0. The van der Waals surface area contributed by atoms with Crippen molar-refractivity contribution in [3.8, 4) is 21.8 Å². The van der Waals surface area contributed by atoms with E-state index in [9.17, 15) is 9.59 Å². The molecule has 1 aromatic heterocycles. The molecule has 6 heteroatoms. The van der Waals surface area contributed by atoms with Crippen molar-refractivity contribution in [1.82, 2.24) is 15.2 Å². The molecule has 148 valence electrons. The third-order valence-electron chi connectivity index (χ3n) is 4.98. The number of rotatable bonds is 6. The summed E-state index contributed by atoms with van der Waals surface area (Å²) in [7, 11) is 0. The number of thiazole rings is 1. The monoisotopic (exact) mass is 405 g/mol. The second kappa shape index (κ2) is 9.01. The minimum absolute atomic E-state index is 0.111. The number of hydrogen-bond donors (Lipinski definition) is 1. The molecular weight excluding hydrogens is 382 g/mol. The molecule has 0 radical (unpaired) electrons. The maximum atomic E-state index is 12.9. The average molecular weight is 406 g/mol. The molecule has 3 aromatic rings. The van der Waals surface area contributed by atoms with E-state index in [0.29, 0.717) is 23.5 Å². The van der Waals surface area contributed by atoms with Crippen molar-refractivity contribution in [3.63, 3.8) is 0 Å². The lowest BCUT2D eigenvalue weighted by Crippen LogP contribution is -2.32. The highest BCUT2D eigenvalue weighted by atomic mass is 32.1. The maximum absolute atomic E-state index is 12.9. The number of likely N-dealkylation sites (tertiary alicyclic amines) is 1. The van der Waals surface area contributed by atoms with Crippen LogP contribution in [0.5, 0.6) is 0 Å². The van der Waals surface area contributed by atoms with E-state index in [4.69, 9.17) is 4.98 Å².